The third-order valence-electron chi connectivity index (χ3n) is 3.29. The average molecular weight is 374 g/mol. The highest BCUT2D eigenvalue weighted by Crippen LogP contribution is 2.07. The number of aliphatic hydroxyl groups excluding tert-OH is 1. The predicted molar refractivity (Wildman–Crippen MR) is 97.4 cm³/mol. The van der Waals surface area contributed by atoms with Crippen molar-refractivity contribution in [2.24, 2.45) is 0 Å². The summed E-state index contributed by atoms with van der Waals surface area (Å²) in [5.74, 6) is -1.04. The molecule has 0 unspecified atom stereocenters. The Morgan fingerprint density at radius 1 is 1.27 bits per heavy atom. The van der Waals surface area contributed by atoms with Crippen molar-refractivity contribution in [1.82, 2.24) is 10.6 Å². The first-order valence-electron chi connectivity index (χ1n) is 9.07. The third-order valence-corrected chi connectivity index (χ3v) is 3.29. The van der Waals surface area contributed by atoms with Gasteiger partial charge in [0, 0.05) is 0 Å². The first-order valence-corrected chi connectivity index (χ1v) is 9.07. The van der Waals surface area contributed by atoms with E-state index < -0.39 is 24.2 Å². The van der Waals surface area contributed by atoms with Crippen molar-refractivity contribution in [3.8, 4) is 0 Å². The van der Waals surface area contributed by atoms with E-state index in [4.69, 9.17) is 14.6 Å². The van der Waals surface area contributed by atoms with Crippen molar-refractivity contribution in [1.29, 1.82) is 0 Å². The number of hydrogen-bond acceptors (Lipinski definition) is 7. The lowest BCUT2D eigenvalue weighted by Gasteiger charge is -2.19. The lowest BCUT2D eigenvalue weighted by Crippen LogP contribution is -2.48. The summed E-state index contributed by atoms with van der Waals surface area (Å²) in [7, 11) is 0. The Morgan fingerprint density at radius 3 is 2.23 bits per heavy atom. The topological polar surface area (TPSA) is 114 Å². The second kappa shape index (κ2) is 11.9. The first kappa shape index (κ1) is 24.3. The first-order chi connectivity index (χ1) is 12.0. The molecule has 8 nitrogen and oxygen atoms in total. The van der Waals surface area contributed by atoms with Crippen LogP contribution >= 0.6 is 0 Å². The van der Waals surface area contributed by atoms with Crippen LogP contribution in [0.15, 0.2) is 0 Å². The molecule has 1 heterocycles. The minimum Gasteiger partial charge on any atom is -0.461 e. The zero-order valence-electron chi connectivity index (χ0n) is 16.8. The standard InChI is InChI=1S/C12H22N2O3.C6H12O3/c1-4-9(12(16)17-8(2)3)14-11(15)10-6-5-7-13-10;1-6(2,3)9-5(8)4-7/h8-10,13H,4-7H2,1-3H3,(H,14,15);7H,4H2,1-3H3/t9-,10-;/m0./s1. The lowest BCUT2D eigenvalue weighted by molar-refractivity contribution is -0.158. The highest BCUT2D eigenvalue weighted by atomic mass is 16.6. The number of esters is 2. The average Bonchev–Trinajstić information content (AvgIpc) is 3.05. The molecule has 0 saturated carbocycles. The molecule has 2 atom stereocenters. The number of rotatable bonds is 6. The Morgan fingerprint density at radius 2 is 1.88 bits per heavy atom. The Balaban J connectivity index is 0.000000590. The molecule has 0 radical (unpaired) electrons. The quantitative estimate of drug-likeness (QED) is 0.592. The molecule has 1 fully saturated rings. The van der Waals surface area contributed by atoms with Gasteiger partial charge >= 0.3 is 11.9 Å². The molecule has 1 aliphatic rings. The maximum atomic E-state index is 11.8. The van der Waals surface area contributed by atoms with Gasteiger partial charge in [-0.15, -0.1) is 0 Å². The van der Waals surface area contributed by atoms with Gasteiger partial charge in [0.2, 0.25) is 5.91 Å². The van der Waals surface area contributed by atoms with Crippen molar-refractivity contribution in [3.63, 3.8) is 0 Å². The van der Waals surface area contributed by atoms with Crippen LogP contribution in [0, 0.1) is 0 Å². The molecule has 1 aliphatic heterocycles. The molecule has 0 bridgehead atoms. The summed E-state index contributed by atoms with van der Waals surface area (Å²) >= 11 is 0. The molecule has 1 amide bonds. The minimum atomic E-state index is -0.581. The molecule has 26 heavy (non-hydrogen) atoms. The van der Waals surface area contributed by atoms with E-state index in [2.05, 4.69) is 10.6 Å². The van der Waals surface area contributed by atoms with Gasteiger partial charge < -0.3 is 25.2 Å². The van der Waals surface area contributed by atoms with E-state index in [1.165, 1.54) is 0 Å². The predicted octanol–water partition coefficient (Wildman–Crippen LogP) is 0.905. The zero-order valence-corrected chi connectivity index (χ0v) is 16.8. The molecule has 0 aromatic heterocycles. The van der Waals surface area contributed by atoms with Crippen LogP contribution in [0.5, 0.6) is 0 Å². The second-order valence-corrected chi connectivity index (χ2v) is 7.35. The summed E-state index contributed by atoms with van der Waals surface area (Å²) in [4.78, 5) is 33.9. The fourth-order valence-electron chi connectivity index (χ4n) is 2.20. The molecule has 1 saturated heterocycles. The largest absolute Gasteiger partial charge is 0.461 e. The van der Waals surface area contributed by atoms with Crippen LogP contribution in [0.25, 0.3) is 0 Å². The van der Waals surface area contributed by atoms with Crippen LogP contribution in [0.4, 0.5) is 0 Å². The Labute approximate surface area is 156 Å². The molecule has 1 rings (SSSR count). The number of aliphatic hydroxyl groups is 1. The van der Waals surface area contributed by atoms with Crippen LogP contribution < -0.4 is 10.6 Å². The fourth-order valence-corrected chi connectivity index (χ4v) is 2.20. The van der Waals surface area contributed by atoms with E-state index in [0.717, 1.165) is 19.4 Å². The van der Waals surface area contributed by atoms with Crippen molar-refractivity contribution >= 4 is 17.8 Å². The lowest BCUT2D eigenvalue weighted by atomic mass is 10.1. The Kier molecular flexibility index (Phi) is 11.1. The summed E-state index contributed by atoms with van der Waals surface area (Å²) in [6.07, 6.45) is 2.23. The van der Waals surface area contributed by atoms with E-state index in [-0.39, 0.29) is 24.0 Å². The van der Waals surface area contributed by atoms with E-state index in [9.17, 15) is 14.4 Å². The van der Waals surface area contributed by atoms with Crippen LogP contribution in [0.2, 0.25) is 0 Å². The molecule has 0 aliphatic carbocycles. The van der Waals surface area contributed by atoms with Gasteiger partial charge in [-0.25, -0.2) is 9.59 Å². The summed E-state index contributed by atoms with van der Waals surface area (Å²) in [6.45, 7) is 11.0. The van der Waals surface area contributed by atoms with Crippen molar-refractivity contribution in [2.45, 2.75) is 84.6 Å². The highest BCUT2D eigenvalue weighted by Gasteiger charge is 2.27. The van der Waals surface area contributed by atoms with Crippen molar-refractivity contribution in [3.05, 3.63) is 0 Å². The second-order valence-electron chi connectivity index (χ2n) is 7.35. The van der Waals surface area contributed by atoms with Gasteiger partial charge in [-0.3, -0.25) is 4.79 Å². The Bertz CT molecular complexity index is 453. The third kappa shape index (κ3) is 11.0. The van der Waals surface area contributed by atoms with Crippen LogP contribution in [-0.2, 0) is 23.9 Å². The molecule has 152 valence electrons. The molecule has 0 spiro atoms. The van der Waals surface area contributed by atoms with Crippen LogP contribution in [0.1, 0.15) is 60.8 Å². The van der Waals surface area contributed by atoms with E-state index in [1.54, 1.807) is 34.6 Å². The molecule has 3 N–H and O–H groups in total. The molecule has 0 aromatic carbocycles. The zero-order chi connectivity index (χ0) is 20.3. The molecular formula is C18H34N2O6. The van der Waals surface area contributed by atoms with Crippen molar-refractivity contribution in [2.75, 3.05) is 13.2 Å². The number of carbonyl (C=O) groups is 3. The van der Waals surface area contributed by atoms with Crippen molar-refractivity contribution < 1.29 is 29.0 Å². The monoisotopic (exact) mass is 374 g/mol. The van der Waals surface area contributed by atoms with E-state index in [1.807, 2.05) is 6.92 Å². The van der Waals surface area contributed by atoms with E-state index >= 15 is 0 Å². The van der Waals surface area contributed by atoms with Gasteiger partial charge in [0.05, 0.1) is 12.1 Å². The fraction of sp³-hybridized carbons (Fsp3) is 0.833. The van der Waals surface area contributed by atoms with Gasteiger partial charge in [0.25, 0.3) is 0 Å². The highest BCUT2D eigenvalue weighted by molar-refractivity contribution is 5.87. The van der Waals surface area contributed by atoms with Gasteiger partial charge in [-0.05, 0) is 60.4 Å². The summed E-state index contributed by atoms with van der Waals surface area (Å²) in [6, 6.07) is -0.691. The van der Waals surface area contributed by atoms with Gasteiger partial charge in [0.15, 0.2) is 0 Å². The number of carbonyl (C=O) groups excluding carboxylic acids is 3. The number of hydrogen-bond donors (Lipinski definition) is 3. The number of amides is 1. The maximum absolute atomic E-state index is 11.8. The molecule has 8 heteroatoms. The summed E-state index contributed by atoms with van der Waals surface area (Å²) in [5, 5.41) is 14.1. The molecular weight excluding hydrogens is 340 g/mol. The maximum Gasteiger partial charge on any atom is 0.332 e. The minimum absolute atomic E-state index is 0.102. The summed E-state index contributed by atoms with van der Waals surface area (Å²) in [5.41, 5.74) is -0.486. The van der Waals surface area contributed by atoms with Gasteiger partial charge in [0.1, 0.15) is 18.2 Å². The van der Waals surface area contributed by atoms with Crippen LogP contribution in [-0.4, -0.2) is 59.9 Å². The molecule has 0 aromatic rings. The SMILES string of the molecule is CC(C)(C)OC(=O)CO.CC[C@H](NC(=O)[C@@H]1CCCN1)C(=O)OC(C)C. The number of nitrogens with one attached hydrogen (secondary N) is 2. The van der Waals surface area contributed by atoms with Crippen LogP contribution in [0.3, 0.4) is 0 Å². The number of ether oxygens (including phenoxy) is 2. The summed E-state index contributed by atoms with van der Waals surface area (Å²) < 4.78 is 9.79. The van der Waals surface area contributed by atoms with Gasteiger partial charge in [-0.1, -0.05) is 6.92 Å². The van der Waals surface area contributed by atoms with E-state index in [0.29, 0.717) is 6.42 Å². The normalized spacial score (nSPS) is 17.8. The van der Waals surface area contributed by atoms with Gasteiger partial charge in [-0.2, -0.15) is 0 Å². The smallest absolute Gasteiger partial charge is 0.332 e. The Hall–Kier alpha value is -1.67.